The lowest BCUT2D eigenvalue weighted by atomic mass is 9.49. The van der Waals surface area contributed by atoms with E-state index >= 15 is 0 Å². The van der Waals surface area contributed by atoms with Crippen LogP contribution in [0.2, 0.25) is 0 Å². The third-order valence-corrected chi connectivity index (χ3v) is 9.94. The first-order valence-electron chi connectivity index (χ1n) is 12.5. The molecule has 4 aliphatic rings. The average Bonchev–Trinajstić information content (AvgIpc) is 3.36. The molecule has 2 saturated carbocycles. The lowest BCUT2D eigenvalue weighted by Crippen LogP contribution is -2.54. The number of H-pyrrole nitrogens is 1. The van der Waals surface area contributed by atoms with Crippen molar-refractivity contribution >= 4 is 0 Å². The summed E-state index contributed by atoms with van der Waals surface area (Å²) in [6.07, 6.45) is 8.90. The second-order valence-corrected chi connectivity index (χ2v) is 11.3. The van der Waals surface area contributed by atoms with Gasteiger partial charge in [0.15, 0.2) is 0 Å². The molecule has 3 fully saturated rings. The molecular weight excluding hydrogens is 400 g/mol. The van der Waals surface area contributed by atoms with Crippen molar-refractivity contribution in [1.82, 2.24) is 15.1 Å². The fourth-order valence-electron chi connectivity index (χ4n) is 7.90. The van der Waals surface area contributed by atoms with Gasteiger partial charge in [-0.2, -0.15) is 5.10 Å². The summed E-state index contributed by atoms with van der Waals surface area (Å²) < 4.78 is 5.62. The van der Waals surface area contributed by atoms with Crippen LogP contribution in [0.5, 0.6) is 0 Å². The molecule has 32 heavy (non-hydrogen) atoms. The summed E-state index contributed by atoms with van der Waals surface area (Å²) in [6.45, 7) is 14.9. The van der Waals surface area contributed by atoms with Gasteiger partial charge < -0.3 is 4.74 Å². The molecule has 1 aromatic heterocycles. The third-order valence-electron chi connectivity index (χ3n) is 9.94. The monoisotopic (exact) mass is 438 g/mol. The van der Waals surface area contributed by atoms with Gasteiger partial charge in [-0.1, -0.05) is 31.1 Å². The van der Waals surface area contributed by atoms with Crippen molar-refractivity contribution < 1.29 is 4.74 Å². The molecule has 0 amide bonds. The van der Waals surface area contributed by atoms with Gasteiger partial charge in [-0.3, -0.25) is 10.00 Å². The fourth-order valence-corrected chi connectivity index (χ4v) is 7.90. The van der Waals surface area contributed by atoms with Crippen LogP contribution in [-0.4, -0.2) is 54.5 Å². The lowest BCUT2D eigenvalue weighted by Gasteiger charge is -2.56. The first-order valence-corrected chi connectivity index (χ1v) is 12.5. The van der Waals surface area contributed by atoms with Gasteiger partial charge in [-0.15, -0.1) is 0 Å². The van der Waals surface area contributed by atoms with Crippen molar-refractivity contribution in [3.05, 3.63) is 40.0 Å². The summed E-state index contributed by atoms with van der Waals surface area (Å²) in [6, 6.07) is 0. The SMILES string of the molecule is C=C1CC[C@H]2[C@H](CN=[N+]=[N-])[C@@H]([C@@]3(C)Cc4cn[nH]c4C[C@@H]3CN3CCOCC3)CC[C@]12C. The first-order chi connectivity index (χ1) is 15.5. The number of allylic oxidation sites excluding steroid dienone is 1. The van der Waals surface area contributed by atoms with Crippen LogP contribution in [0.3, 0.4) is 0 Å². The number of azide groups is 1. The maximum Gasteiger partial charge on any atom is 0.0594 e. The molecule has 6 atom stereocenters. The van der Waals surface area contributed by atoms with Gasteiger partial charge in [-0.25, -0.2) is 0 Å². The van der Waals surface area contributed by atoms with Gasteiger partial charge in [0.2, 0.25) is 0 Å². The van der Waals surface area contributed by atoms with E-state index in [0.717, 1.165) is 52.1 Å². The van der Waals surface area contributed by atoms with Gasteiger partial charge in [-0.05, 0) is 84.1 Å². The molecule has 7 heteroatoms. The number of rotatable bonds is 5. The highest BCUT2D eigenvalue weighted by Gasteiger charge is 2.56. The van der Waals surface area contributed by atoms with E-state index in [1.807, 2.05) is 6.20 Å². The summed E-state index contributed by atoms with van der Waals surface area (Å²) in [7, 11) is 0. The summed E-state index contributed by atoms with van der Waals surface area (Å²) in [5.74, 6) is 2.10. The Morgan fingerprint density at radius 2 is 2.12 bits per heavy atom. The van der Waals surface area contributed by atoms with E-state index in [2.05, 4.69) is 45.5 Å². The molecule has 1 aliphatic heterocycles. The molecule has 3 aliphatic carbocycles. The normalized spacial score (nSPS) is 39.9. The largest absolute Gasteiger partial charge is 0.379 e. The van der Waals surface area contributed by atoms with Crippen molar-refractivity contribution in [2.75, 3.05) is 39.4 Å². The fraction of sp³-hybridized carbons (Fsp3) is 0.800. The number of ether oxygens (including phenoxy) is 1. The number of hydrogen-bond acceptors (Lipinski definition) is 4. The summed E-state index contributed by atoms with van der Waals surface area (Å²) in [5, 5.41) is 11.9. The molecule has 0 bridgehead atoms. The minimum atomic E-state index is 0.163. The molecule has 1 N–H and O–H groups in total. The lowest BCUT2D eigenvalue weighted by molar-refractivity contribution is -0.0562. The minimum absolute atomic E-state index is 0.163. The Hall–Kier alpha value is -1.82. The van der Waals surface area contributed by atoms with Gasteiger partial charge in [0.1, 0.15) is 0 Å². The number of nitrogens with one attached hydrogen (secondary N) is 1. The minimum Gasteiger partial charge on any atom is -0.379 e. The molecule has 174 valence electrons. The van der Waals surface area contributed by atoms with Crippen molar-refractivity contribution in [2.24, 2.45) is 39.6 Å². The molecule has 0 unspecified atom stereocenters. The first kappa shape index (κ1) is 22.0. The predicted octanol–water partition coefficient (Wildman–Crippen LogP) is 4.77. The average molecular weight is 439 g/mol. The van der Waals surface area contributed by atoms with Crippen LogP contribution in [0.25, 0.3) is 10.4 Å². The van der Waals surface area contributed by atoms with Gasteiger partial charge in [0.25, 0.3) is 0 Å². The van der Waals surface area contributed by atoms with E-state index in [1.54, 1.807) is 0 Å². The number of aromatic nitrogens is 2. The Morgan fingerprint density at radius 1 is 1.31 bits per heavy atom. The topological polar surface area (TPSA) is 89.9 Å². The molecule has 1 aromatic rings. The molecular formula is C25H38N6O. The van der Waals surface area contributed by atoms with Crippen LogP contribution in [-0.2, 0) is 17.6 Å². The molecule has 0 radical (unpaired) electrons. The van der Waals surface area contributed by atoms with Crippen LogP contribution < -0.4 is 0 Å². The van der Waals surface area contributed by atoms with Crippen molar-refractivity contribution in [2.45, 2.75) is 52.4 Å². The number of aromatic amines is 1. The number of morpholine rings is 1. The van der Waals surface area contributed by atoms with Gasteiger partial charge >= 0.3 is 0 Å². The highest BCUT2D eigenvalue weighted by Crippen LogP contribution is 2.63. The van der Waals surface area contributed by atoms with Gasteiger partial charge in [0, 0.05) is 36.8 Å². The Bertz CT molecular complexity index is 900. The highest BCUT2D eigenvalue weighted by atomic mass is 16.5. The van der Waals surface area contributed by atoms with Crippen molar-refractivity contribution in [1.29, 1.82) is 0 Å². The smallest absolute Gasteiger partial charge is 0.0594 e. The zero-order valence-electron chi connectivity index (χ0n) is 19.7. The maximum absolute atomic E-state index is 9.19. The van der Waals surface area contributed by atoms with E-state index in [9.17, 15) is 5.53 Å². The zero-order chi connectivity index (χ0) is 22.3. The quantitative estimate of drug-likeness (QED) is 0.311. The highest BCUT2D eigenvalue weighted by molar-refractivity contribution is 5.26. The molecule has 7 nitrogen and oxygen atoms in total. The number of hydrogen-bond donors (Lipinski definition) is 1. The van der Waals surface area contributed by atoms with Crippen LogP contribution in [0.15, 0.2) is 23.5 Å². The van der Waals surface area contributed by atoms with Crippen LogP contribution in [0.4, 0.5) is 0 Å². The van der Waals surface area contributed by atoms with Crippen molar-refractivity contribution in [3.63, 3.8) is 0 Å². The van der Waals surface area contributed by atoms with Crippen LogP contribution in [0.1, 0.15) is 50.8 Å². The van der Waals surface area contributed by atoms with E-state index in [0.29, 0.717) is 30.2 Å². The molecule has 1 saturated heterocycles. The summed E-state index contributed by atoms with van der Waals surface area (Å²) >= 11 is 0. The second-order valence-electron chi connectivity index (χ2n) is 11.3. The van der Waals surface area contributed by atoms with E-state index < -0.39 is 0 Å². The van der Waals surface area contributed by atoms with Crippen LogP contribution >= 0.6 is 0 Å². The number of nitrogens with zero attached hydrogens (tertiary/aromatic N) is 5. The summed E-state index contributed by atoms with van der Waals surface area (Å²) in [4.78, 5) is 5.79. The molecule has 5 rings (SSSR count). The molecule has 0 spiro atoms. The Morgan fingerprint density at radius 3 is 2.91 bits per heavy atom. The number of fused-ring (bicyclic) bond motifs is 2. The zero-order valence-corrected chi connectivity index (χ0v) is 19.7. The Balaban J connectivity index is 1.49. The van der Waals surface area contributed by atoms with E-state index in [-0.39, 0.29) is 10.8 Å². The predicted molar refractivity (Wildman–Crippen MR) is 125 cm³/mol. The molecule has 2 heterocycles. The van der Waals surface area contributed by atoms with Gasteiger partial charge in [0.05, 0.1) is 19.4 Å². The van der Waals surface area contributed by atoms with Crippen LogP contribution in [0, 0.1) is 34.5 Å². The molecule has 0 aromatic carbocycles. The maximum atomic E-state index is 9.19. The summed E-state index contributed by atoms with van der Waals surface area (Å²) in [5.41, 5.74) is 13.7. The van der Waals surface area contributed by atoms with E-state index in [4.69, 9.17) is 4.74 Å². The Kier molecular flexibility index (Phi) is 5.85. The van der Waals surface area contributed by atoms with Crippen molar-refractivity contribution in [3.8, 4) is 0 Å². The Labute approximate surface area is 191 Å². The standard InChI is InChI=1S/C25H38N6O/c1-17-4-5-21-20(15-28-30-26)22(6-7-24(17,21)2)25(3)13-18-14-27-29-23(18)12-19(25)16-31-8-10-32-11-9-31/h14,19-22H,1,4-13,15-16H2,2-3H3,(H,27,29)/t19-,20+,21+,22+,24-,25+/m1/s1. The second kappa shape index (κ2) is 8.51. The third kappa shape index (κ3) is 3.59. The van der Waals surface area contributed by atoms with E-state index in [1.165, 1.54) is 36.1 Å².